The number of rotatable bonds is 2. The molecule has 0 aliphatic heterocycles. The molecule has 1 unspecified atom stereocenters. The summed E-state index contributed by atoms with van der Waals surface area (Å²) in [5, 5.41) is 9.36. The first-order valence-electron chi connectivity index (χ1n) is 4.00. The van der Waals surface area contributed by atoms with Gasteiger partial charge in [-0.25, -0.2) is 0 Å². The van der Waals surface area contributed by atoms with Gasteiger partial charge >= 0.3 is 5.97 Å². The molecule has 3 heteroatoms. The Morgan fingerprint density at radius 1 is 1.46 bits per heavy atom. The van der Waals surface area contributed by atoms with E-state index in [9.17, 15) is 4.79 Å². The summed E-state index contributed by atoms with van der Waals surface area (Å²) in [5.74, 6) is -1.33. The number of carbonyl (C=O) groups is 1. The predicted octanol–water partition coefficient (Wildman–Crippen LogP) is 2.84. The van der Waals surface area contributed by atoms with Crippen molar-refractivity contribution in [3.05, 3.63) is 34.3 Å². The van der Waals surface area contributed by atoms with Crippen LogP contribution in [-0.2, 0) is 4.79 Å². The van der Waals surface area contributed by atoms with E-state index in [2.05, 4.69) is 0 Å². The molecule has 0 bridgehead atoms. The maximum absolute atomic E-state index is 10.7. The van der Waals surface area contributed by atoms with Crippen molar-refractivity contribution in [1.82, 2.24) is 0 Å². The van der Waals surface area contributed by atoms with Crippen LogP contribution in [-0.4, -0.2) is 11.1 Å². The predicted molar refractivity (Wildman–Crippen MR) is 52.2 cm³/mol. The van der Waals surface area contributed by atoms with Crippen molar-refractivity contribution in [2.24, 2.45) is 0 Å². The standard InChI is InChI=1S/C10H11ClO2/c1-6-3-8(5-9(11)4-6)7(2)10(12)13/h3-5,7H,1-2H3,(H,12,13). The third kappa shape index (κ3) is 2.46. The molecule has 1 rings (SSSR count). The second-order valence-electron chi connectivity index (χ2n) is 3.12. The smallest absolute Gasteiger partial charge is 0.310 e. The summed E-state index contributed by atoms with van der Waals surface area (Å²) < 4.78 is 0. The summed E-state index contributed by atoms with van der Waals surface area (Å²) in [6, 6.07) is 5.33. The molecule has 1 aromatic carbocycles. The zero-order valence-electron chi connectivity index (χ0n) is 7.54. The first-order valence-corrected chi connectivity index (χ1v) is 4.38. The molecule has 0 saturated carbocycles. The van der Waals surface area contributed by atoms with Gasteiger partial charge in [0.15, 0.2) is 0 Å². The maximum Gasteiger partial charge on any atom is 0.310 e. The zero-order chi connectivity index (χ0) is 10.0. The molecule has 0 heterocycles. The Hall–Kier alpha value is -1.02. The van der Waals surface area contributed by atoms with E-state index >= 15 is 0 Å². The second kappa shape index (κ2) is 3.79. The van der Waals surface area contributed by atoms with Crippen molar-refractivity contribution in [1.29, 1.82) is 0 Å². The van der Waals surface area contributed by atoms with E-state index in [1.807, 2.05) is 13.0 Å². The van der Waals surface area contributed by atoms with E-state index in [1.165, 1.54) is 0 Å². The second-order valence-corrected chi connectivity index (χ2v) is 3.56. The highest BCUT2D eigenvalue weighted by atomic mass is 35.5. The Kier molecular flexibility index (Phi) is 2.94. The lowest BCUT2D eigenvalue weighted by Gasteiger charge is -2.07. The van der Waals surface area contributed by atoms with Crippen LogP contribution in [0.5, 0.6) is 0 Å². The Labute approximate surface area is 82.2 Å². The third-order valence-corrected chi connectivity index (χ3v) is 2.15. The van der Waals surface area contributed by atoms with Gasteiger partial charge in [0.05, 0.1) is 5.92 Å². The van der Waals surface area contributed by atoms with Crippen molar-refractivity contribution in [2.75, 3.05) is 0 Å². The molecular weight excluding hydrogens is 188 g/mol. The highest BCUT2D eigenvalue weighted by molar-refractivity contribution is 6.30. The van der Waals surface area contributed by atoms with Crippen LogP contribution >= 0.6 is 11.6 Å². The Morgan fingerprint density at radius 3 is 2.54 bits per heavy atom. The van der Waals surface area contributed by atoms with Crippen LogP contribution in [0.15, 0.2) is 18.2 Å². The first-order chi connectivity index (χ1) is 6.00. The fourth-order valence-corrected chi connectivity index (χ4v) is 1.46. The van der Waals surface area contributed by atoms with Gasteiger partial charge in [-0.05, 0) is 37.1 Å². The Bertz CT molecular complexity index is 313. The molecule has 0 spiro atoms. The Balaban J connectivity index is 3.07. The number of carboxylic acid groups (broad SMARTS) is 1. The van der Waals surface area contributed by atoms with E-state index in [4.69, 9.17) is 16.7 Å². The van der Waals surface area contributed by atoms with Gasteiger partial charge in [-0.3, -0.25) is 4.79 Å². The number of aryl methyl sites for hydroxylation is 1. The van der Waals surface area contributed by atoms with E-state index < -0.39 is 11.9 Å². The maximum atomic E-state index is 10.7. The molecule has 1 atom stereocenters. The summed E-state index contributed by atoms with van der Waals surface area (Å²) >= 11 is 5.81. The summed E-state index contributed by atoms with van der Waals surface area (Å²) in [6.07, 6.45) is 0. The van der Waals surface area contributed by atoms with Crippen molar-refractivity contribution in [2.45, 2.75) is 19.8 Å². The molecule has 1 aromatic rings. The largest absolute Gasteiger partial charge is 0.481 e. The summed E-state index contributed by atoms with van der Waals surface area (Å²) in [5.41, 5.74) is 1.73. The molecule has 0 amide bonds. The number of carboxylic acids is 1. The highest BCUT2D eigenvalue weighted by Gasteiger charge is 2.13. The average molecular weight is 199 g/mol. The molecule has 0 aromatic heterocycles. The lowest BCUT2D eigenvalue weighted by Crippen LogP contribution is -2.07. The van der Waals surface area contributed by atoms with E-state index in [0.717, 1.165) is 11.1 Å². The van der Waals surface area contributed by atoms with E-state index in [1.54, 1.807) is 19.1 Å². The van der Waals surface area contributed by atoms with Gasteiger partial charge in [0.25, 0.3) is 0 Å². The Morgan fingerprint density at radius 2 is 2.08 bits per heavy atom. The van der Waals surface area contributed by atoms with Crippen LogP contribution in [0, 0.1) is 6.92 Å². The lowest BCUT2D eigenvalue weighted by molar-refractivity contribution is -0.138. The summed E-state index contributed by atoms with van der Waals surface area (Å²) in [7, 11) is 0. The minimum absolute atomic E-state index is 0.502. The number of hydrogen-bond acceptors (Lipinski definition) is 1. The van der Waals surface area contributed by atoms with E-state index in [0.29, 0.717) is 5.02 Å². The molecule has 2 nitrogen and oxygen atoms in total. The molecule has 0 saturated heterocycles. The number of aliphatic carboxylic acids is 1. The number of halogens is 1. The molecule has 1 N–H and O–H groups in total. The van der Waals surface area contributed by atoms with Crippen molar-refractivity contribution in [3.8, 4) is 0 Å². The average Bonchev–Trinajstić information content (AvgIpc) is 2.01. The van der Waals surface area contributed by atoms with Crippen molar-refractivity contribution >= 4 is 17.6 Å². The van der Waals surface area contributed by atoms with Gasteiger partial charge in [-0.2, -0.15) is 0 Å². The number of benzene rings is 1. The molecule has 0 aliphatic carbocycles. The van der Waals surface area contributed by atoms with Crippen LogP contribution in [0.2, 0.25) is 5.02 Å². The molecule has 0 radical (unpaired) electrons. The lowest BCUT2D eigenvalue weighted by atomic mass is 10.00. The van der Waals surface area contributed by atoms with Crippen molar-refractivity contribution in [3.63, 3.8) is 0 Å². The van der Waals surface area contributed by atoms with Gasteiger partial charge < -0.3 is 5.11 Å². The van der Waals surface area contributed by atoms with Crippen LogP contribution in [0.1, 0.15) is 24.0 Å². The van der Waals surface area contributed by atoms with E-state index in [-0.39, 0.29) is 0 Å². The van der Waals surface area contributed by atoms with Crippen LogP contribution < -0.4 is 0 Å². The van der Waals surface area contributed by atoms with Crippen LogP contribution in [0.25, 0.3) is 0 Å². The van der Waals surface area contributed by atoms with Gasteiger partial charge in [-0.15, -0.1) is 0 Å². The van der Waals surface area contributed by atoms with Crippen LogP contribution in [0.3, 0.4) is 0 Å². The SMILES string of the molecule is Cc1cc(Cl)cc(C(C)C(=O)O)c1. The molecular formula is C10H11ClO2. The van der Waals surface area contributed by atoms with Crippen LogP contribution in [0.4, 0.5) is 0 Å². The first kappa shape index (κ1) is 10.1. The number of hydrogen-bond donors (Lipinski definition) is 1. The highest BCUT2D eigenvalue weighted by Crippen LogP contribution is 2.21. The fourth-order valence-electron chi connectivity index (χ4n) is 1.16. The third-order valence-electron chi connectivity index (χ3n) is 1.93. The topological polar surface area (TPSA) is 37.3 Å². The monoisotopic (exact) mass is 198 g/mol. The van der Waals surface area contributed by atoms with Crippen molar-refractivity contribution < 1.29 is 9.90 Å². The van der Waals surface area contributed by atoms with Gasteiger partial charge in [0.2, 0.25) is 0 Å². The van der Waals surface area contributed by atoms with Gasteiger partial charge in [0.1, 0.15) is 0 Å². The summed E-state index contributed by atoms with van der Waals surface area (Å²) in [6.45, 7) is 3.54. The molecule has 70 valence electrons. The van der Waals surface area contributed by atoms with Gasteiger partial charge in [0, 0.05) is 5.02 Å². The molecule has 0 aliphatic rings. The normalized spacial score (nSPS) is 12.5. The minimum Gasteiger partial charge on any atom is -0.481 e. The zero-order valence-corrected chi connectivity index (χ0v) is 8.30. The molecule has 13 heavy (non-hydrogen) atoms. The fraction of sp³-hybridized carbons (Fsp3) is 0.300. The van der Waals surface area contributed by atoms with Gasteiger partial charge in [-0.1, -0.05) is 17.7 Å². The quantitative estimate of drug-likeness (QED) is 0.794. The summed E-state index contributed by atoms with van der Waals surface area (Å²) in [4.78, 5) is 10.7. The molecule has 0 fully saturated rings. The minimum atomic E-state index is -0.832.